The zero-order chi connectivity index (χ0) is 17.2. The Hall–Kier alpha value is -2.88. The summed E-state index contributed by atoms with van der Waals surface area (Å²) in [4.78, 5) is 0. The molecule has 1 aliphatic heterocycles. The van der Waals surface area contributed by atoms with Gasteiger partial charge in [-0.25, -0.2) is 0 Å². The van der Waals surface area contributed by atoms with Crippen LogP contribution < -0.4 is 14.8 Å². The lowest BCUT2D eigenvalue weighted by molar-refractivity contribution is -0.137. The Labute approximate surface area is 136 Å². The minimum absolute atomic E-state index is 0.197. The number of benzene rings is 2. The molecule has 0 spiro atoms. The van der Waals surface area contributed by atoms with E-state index >= 15 is 0 Å². The Balaban J connectivity index is 1.66. The number of anilines is 1. The highest BCUT2D eigenvalue weighted by atomic mass is 19.4. The summed E-state index contributed by atoms with van der Waals surface area (Å²) in [5.74, 6) is 1.36. The van der Waals surface area contributed by atoms with Crippen molar-refractivity contribution in [2.75, 3.05) is 18.7 Å². The molecule has 24 heavy (non-hydrogen) atoms. The van der Waals surface area contributed by atoms with Gasteiger partial charge in [-0.2, -0.15) is 18.4 Å². The van der Waals surface area contributed by atoms with Crippen molar-refractivity contribution in [3.63, 3.8) is 0 Å². The highest BCUT2D eigenvalue weighted by Crippen LogP contribution is 2.34. The van der Waals surface area contributed by atoms with Gasteiger partial charge >= 0.3 is 6.18 Å². The van der Waals surface area contributed by atoms with Gasteiger partial charge in [0.25, 0.3) is 0 Å². The molecule has 0 saturated heterocycles. The SMILES string of the molecule is N#Cc1ccc(NCCc2ccc3c(c2)OCO3)cc1C(F)(F)F. The number of fused-ring (bicyclic) bond motifs is 1. The number of nitriles is 1. The van der Waals surface area contributed by atoms with Crippen LogP contribution in [-0.4, -0.2) is 13.3 Å². The monoisotopic (exact) mass is 334 g/mol. The maximum absolute atomic E-state index is 12.9. The molecule has 0 bridgehead atoms. The Bertz CT molecular complexity index is 797. The van der Waals surface area contributed by atoms with Crippen LogP contribution in [0.2, 0.25) is 0 Å². The maximum Gasteiger partial charge on any atom is 0.417 e. The molecule has 2 aromatic carbocycles. The molecule has 0 radical (unpaired) electrons. The molecule has 0 atom stereocenters. The Kier molecular flexibility index (Phi) is 4.21. The van der Waals surface area contributed by atoms with Crippen molar-refractivity contribution >= 4 is 5.69 Å². The molecular weight excluding hydrogens is 321 g/mol. The minimum atomic E-state index is -4.56. The quantitative estimate of drug-likeness (QED) is 0.919. The Morgan fingerprint density at radius 1 is 1.08 bits per heavy atom. The number of rotatable bonds is 4. The van der Waals surface area contributed by atoms with Gasteiger partial charge < -0.3 is 14.8 Å². The number of hydrogen-bond donors (Lipinski definition) is 1. The first-order valence-electron chi connectivity index (χ1n) is 7.21. The number of halogens is 3. The zero-order valence-corrected chi connectivity index (χ0v) is 12.5. The van der Waals surface area contributed by atoms with Crippen molar-refractivity contribution in [2.24, 2.45) is 0 Å². The normalized spacial score (nSPS) is 12.8. The summed E-state index contributed by atoms with van der Waals surface area (Å²) in [6, 6.07) is 10.7. The summed E-state index contributed by atoms with van der Waals surface area (Å²) in [7, 11) is 0. The number of alkyl halides is 3. The highest BCUT2D eigenvalue weighted by molar-refractivity contribution is 5.53. The van der Waals surface area contributed by atoms with Gasteiger partial charge in [-0.05, 0) is 42.3 Å². The molecule has 0 saturated carbocycles. The van der Waals surface area contributed by atoms with Crippen molar-refractivity contribution in [1.82, 2.24) is 0 Å². The molecule has 0 aliphatic carbocycles. The van der Waals surface area contributed by atoms with Crippen molar-refractivity contribution in [2.45, 2.75) is 12.6 Å². The average molecular weight is 334 g/mol. The van der Waals surface area contributed by atoms with Crippen molar-refractivity contribution in [3.8, 4) is 17.6 Å². The molecule has 0 aromatic heterocycles. The lowest BCUT2D eigenvalue weighted by atomic mass is 10.1. The van der Waals surface area contributed by atoms with Crippen LogP contribution in [0.4, 0.5) is 18.9 Å². The van der Waals surface area contributed by atoms with Gasteiger partial charge in [-0.15, -0.1) is 0 Å². The summed E-state index contributed by atoms with van der Waals surface area (Å²) in [5.41, 5.74) is -0.0135. The van der Waals surface area contributed by atoms with E-state index in [0.717, 1.165) is 11.6 Å². The molecule has 1 N–H and O–H groups in total. The lowest BCUT2D eigenvalue weighted by Gasteiger charge is -2.12. The molecule has 1 aliphatic rings. The van der Waals surface area contributed by atoms with E-state index < -0.39 is 11.7 Å². The zero-order valence-electron chi connectivity index (χ0n) is 12.5. The third-order valence-corrected chi connectivity index (χ3v) is 3.63. The van der Waals surface area contributed by atoms with Gasteiger partial charge in [0.15, 0.2) is 11.5 Å². The number of nitrogens with zero attached hydrogens (tertiary/aromatic N) is 1. The van der Waals surface area contributed by atoms with Gasteiger partial charge in [-0.3, -0.25) is 0 Å². The fourth-order valence-corrected chi connectivity index (χ4v) is 2.43. The number of hydrogen-bond acceptors (Lipinski definition) is 4. The van der Waals surface area contributed by atoms with Gasteiger partial charge in [-0.1, -0.05) is 6.07 Å². The van der Waals surface area contributed by atoms with E-state index in [2.05, 4.69) is 5.32 Å². The van der Waals surface area contributed by atoms with E-state index in [-0.39, 0.29) is 12.4 Å². The van der Waals surface area contributed by atoms with Crippen LogP contribution in [0.15, 0.2) is 36.4 Å². The first-order valence-corrected chi connectivity index (χ1v) is 7.21. The fraction of sp³-hybridized carbons (Fsp3) is 0.235. The van der Waals surface area contributed by atoms with E-state index in [4.69, 9.17) is 14.7 Å². The molecule has 4 nitrogen and oxygen atoms in total. The third-order valence-electron chi connectivity index (χ3n) is 3.63. The molecule has 0 amide bonds. The van der Waals surface area contributed by atoms with Gasteiger partial charge in [0.2, 0.25) is 6.79 Å². The van der Waals surface area contributed by atoms with Crippen LogP contribution in [-0.2, 0) is 12.6 Å². The van der Waals surface area contributed by atoms with Crippen LogP contribution >= 0.6 is 0 Å². The maximum atomic E-state index is 12.9. The summed E-state index contributed by atoms with van der Waals surface area (Å²) < 4.78 is 49.3. The second-order valence-electron chi connectivity index (χ2n) is 5.23. The van der Waals surface area contributed by atoms with E-state index in [0.29, 0.717) is 30.2 Å². The van der Waals surface area contributed by atoms with E-state index in [9.17, 15) is 13.2 Å². The molecule has 1 heterocycles. The highest BCUT2D eigenvalue weighted by Gasteiger charge is 2.33. The van der Waals surface area contributed by atoms with Gasteiger partial charge in [0.05, 0.1) is 17.2 Å². The topological polar surface area (TPSA) is 54.3 Å². The van der Waals surface area contributed by atoms with Crippen LogP contribution in [0.25, 0.3) is 0 Å². The summed E-state index contributed by atoms with van der Waals surface area (Å²) in [6.45, 7) is 0.644. The smallest absolute Gasteiger partial charge is 0.417 e. The van der Waals surface area contributed by atoms with E-state index in [1.54, 1.807) is 12.1 Å². The first-order chi connectivity index (χ1) is 11.5. The van der Waals surface area contributed by atoms with Crippen LogP contribution in [0.5, 0.6) is 11.5 Å². The van der Waals surface area contributed by atoms with Crippen LogP contribution in [0.3, 0.4) is 0 Å². The van der Waals surface area contributed by atoms with Crippen LogP contribution in [0, 0.1) is 11.3 Å². The van der Waals surface area contributed by atoms with E-state index in [1.807, 2.05) is 12.1 Å². The van der Waals surface area contributed by atoms with Crippen molar-refractivity contribution in [1.29, 1.82) is 5.26 Å². The van der Waals surface area contributed by atoms with Crippen LogP contribution in [0.1, 0.15) is 16.7 Å². The third kappa shape index (κ3) is 3.38. The molecule has 7 heteroatoms. The molecule has 124 valence electrons. The largest absolute Gasteiger partial charge is 0.454 e. The Morgan fingerprint density at radius 2 is 1.88 bits per heavy atom. The predicted molar refractivity (Wildman–Crippen MR) is 80.9 cm³/mol. The van der Waals surface area contributed by atoms with Crippen molar-refractivity contribution < 1.29 is 22.6 Å². The standard InChI is InChI=1S/C17H13F3N2O2/c18-17(19,20)14-8-13(3-2-12(14)9-21)22-6-5-11-1-4-15-16(7-11)24-10-23-15/h1-4,7-8,22H,5-6,10H2. The minimum Gasteiger partial charge on any atom is -0.454 e. The summed E-state index contributed by atoms with van der Waals surface area (Å²) >= 11 is 0. The summed E-state index contributed by atoms with van der Waals surface area (Å²) in [6.07, 6.45) is -3.95. The number of nitrogens with one attached hydrogen (secondary N) is 1. The number of ether oxygens (including phenoxy) is 2. The Morgan fingerprint density at radius 3 is 2.62 bits per heavy atom. The fourth-order valence-electron chi connectivity index (χ4n) is 2.43. The van der Waals surface area contributed by atoms with E-state index in [1.165, 1.54) is 12.1 Å². The molecular formula is C17H13F3N2O2. The van der Waals surface area contributed by atoms with Gasteiger partial charge in [0, 0.05) is 12.2 Å². The second-order valence-corrected chi connectivity index (χ2v) is 5.23. The molecule has 3 rings (SSSR count). The molecule has 0 fully saturated rings. The second kappa shape index (κ2) is 6.32. The molecule has 2 aromatic rings. The predicted octanol–water partition coefficient (Wildman–Crippen LogP) is 3.96. The average Bonchev–Trinajstić information content (AvgIpc) is 3.01. The van der Waals surface area contributed by atoms with Gasteiger partial charge in [0.1, 0.15) is 0 Å². The summed E-state index contributed by atoms with van der Waals surface area (Å²) in [5, 5.41) is 11.7. The first kappa shape index (κ1) is 16.0. The lowest BCUT2D eigenvalue weighted by Crippen LogP contribution is -2.10. The van der Waals surface area contributed by atoms with Crippen molar-refractivity contribution in [3.05, 3.63) is 53.1 Å². The molecule has 0 unspecified atom stereocenters.